The van der Waals surface area contributed by atoms with Gasteiger partial charge in [-0.25, -0.2) is 0 Å². The monoisotopic (exact) mass is 306 g/mol. The maximum atomic E-state index is 5.39. The van der Waals surface area contributed by atoms with Gasteiger partial charge in [-0.3, -0.25) is 0 Å². The van der Waals surface area contributed by atoms with Crippen LogP contribution in [0.15, 0.2) is 18.2 Å². The molecule has 1 aromatic carbocycles. The van der Waals surface area contributed by atoms with Gasteiger partial charge in [-0.15, -0.1) is 0 Å². The molecule has 4 nitrogen and oxygen atoms in total. The van der Waals surface area contributed by atoms with Crippen LogP contribution >= 0.6 is 0 Å². The third-order valence-electron chi connectivity index (χ3n) is 4.45. The van der Waals surface area contributed by atoms with E-state index in [4.69, 9.17) is 9.47 Å². The highest BCUT2D eigenvalue weighted by molar-refractivity contribution is 5.36. The molecule has 0 amide bonds. The fourth-order valence-electron chi connectivity index (χ4n) is 3.14. The molecule has 1 aliphatic rings. The van der Waals surface area contributed by atoms with Gasteiger partial charge >= 0.3 is 0 Å². The van der Waals surface area contributed by atoms with Crippen molar-refractivity contribution in [2.45, 2.75) is 26.3 Å². The van der Waals surface area contributed by atoms with Crippen LogP contribution in [-0.2, 0) is 11.3 Å². The van der Waals surface area contributed by atoms with Gasteiger partial charge in [-0.05, 0) is 56.0 Å². The largest absolute Gasteiger partial charge is 0.496 e. The van der Waals surface area contributed by atoms with Crippen molar-refractivity contribution in [2.75, 3.05) is 47.0 Å². The molecule has 0 aliphatic carbocycles. The predicted octanol–water partition coefficient (Wildman–Crippen LogP) is 2.45. The van der Waals surface area contributed by atoms with Gasteiger partial charge in [0.2, 0.25) is 0 Å². The molecular formula is C18H30N2O2. The summed E-state index contributed by atoms with van der Waals surface area (Å²) in [4.78, 5) is 2.52. The molecule has 1 saturated heterocycles. The molecule has 1 aliphatic heterocycles. The molecular weight excluding hydrogens is 276 g/mol. The standard InChI is InChI=1S/C18H30N2O2/c1-15-6-7-16(11-18(15)22-3)12-19-13-17-5-4-8-20(14-17)9-10-21-2/h6-7,11,17,19H,4-5,8-10,12-14H2,1-3H3. The molecule has 2 rings (SSSR count). The van der Waals surface area contributed by atoms with Crippen molar-refractivity contribution < 1.29 is 9.47 Å². The Hall–Kier alpha value is -1.10. The first kappa shape index (κ1) is 17.3. The number of benzene rings is 1. The Morgan fingerprint density at radius 3 is 2.95 bits per heavy atom. The van der Waals surface area contributed by atoms with Gasteiger partial charge in [0.1, 0.15) is 5.75 Å². The maximum absolute atomic E-state index is 5.39. The van der Waals surface area contributed by atoms with E-state index in [0.29, 0.717) is 0 Å². The summed E-state index contributed by atoms with van der Waals surface area (Å²) in [6.45, 7) is 8.37. The molecule has 1 fully saturated rings. The molecule has 124 valence electrons. The molecule has 0 saturated carbocycles. The van der Waals surface area contributed by atoms with E-state index in [9.17, 15) is 0 Å². The summed E-state index contributed by atoms with van der Waals surface area (Å²) >= 11 is 0. The lowest BCUT2D eigenvalue weighted by Crippen LogP contribution is -2.40. The van der Waals surface area contributed by atoms with Crippen LogP contribution in [0.4, 0.5) is 0 Å². The smallest absolute Gasteiger partial charge is 0.122 e. The van der Waals surface area contributed by atoms with Crippen molar-refractivity contribution in [1.29, 1.82) is 0 Å². The number of rotatable bonds is 8. The average Bonchev–Trinajstić information content (AvgIpc) is 2.55. The second-order valence-corrected chi connectivity index (χ2v) is 6.24. The first-order valence-corrected chi connectivity index (χ1v) is 8.28. The van der Waals surface area contributed by atoms with Crippen molar-refractivity contribution in [2.24, 2.45) is 5.92 Å². The Labute approximate surface area is 134 Å². The Bertz CT molecular complexity index is 451. The molecule has 4 heteroatoms. The number of aryl methyl sites for hydroxylation is 1. The first-order valence-electron chi connectivity index (χ1n) is 8.28. The van der Waals surface area contributed by atoms with Gasteiger partial charge in [0.25, 0.3) is 0 Å². The van der Waals surface area contributed by atoms with Gasteiger partial charge < -0.3 is 19.7 Å². The van der Waals surface area contributed by atoms with Crippen molar-refractivity contribution in [3.05, 3.63) is 29.3 Å². The fourth-order valence-corrected chi connectivity index (χ4v) is 3.14. The summed E-state index contributed by atoms with van der Waals surface area (Å²) in [5.74, 6) is 1.72. The number of piperidine rings is 1. The van der Waals surface area contributed by atoms with Gasteiger partial charge in [-0.1, -0.05) is 12.1 Å². The minimum Gasteiger partial charge on any atom is -0.496 e. The van der Waals surface area contributed by atoms with Gasteiger partial charge in [0.15, 0.2) is 0 Å². The topological polar surface area (TPSA) is 33.7 Å². The Kier molecular flexibility index (Phi) is 7.16. The molecule has 0 radical (unpaired) electrons. The molecule has 0 aromatic heterocycles. The molecule has 22 heavy (non-hydrogen) atoms. The number of ether oxygens (including phenoxy) is 2. The molecule has 0 bridgehead atoms. The van der Waals surface area contributed by atoms with Crippen LogP contribution < -0.4 is 10.1 Å². The van der Waals surface area contributed by atoms with Gasteiger partial charge in [0.05, 0.1) is 13.7 Å². The third kappa shape index (κ3) is 5.27. The van der Waals surface area contributed by atoms with E-state index in [1.165, 1.54) is 37.1 Å². The SMILES string of the molecule is COCCN1CCCC(CNCc2ccc(C)c(OC)c2)C1. The van der Waals surface area contributed by atoms with Crippen molar-refractivity contribution in [1.82, 2.24) is 10.2 Å². The molecule has 0 spiro atoms. The zero-order valence-electron chi connectivity index (χ0n) is 14.2. The number of hydrogen-bond donors (Lipinski definition) is 1. The summed E-state index contributed by atoms with van der Waals surface area (Å²) < 4.78 is 10.6. The number of hydrogen-bond acceptors (Lipinski definition) is 4. The highest BCUT2D eigenvalue weighted by Crippen LogP contribution is 2.19. The summed E-state index contributed by atoms with van der Waals surface area (Å²) in [6.07, 6.45) is 2.63. The highest BCUT2D eigenvalue weighted by Gasteiger charge is 2.19. The number of likely N-dealkylation sites (tertiary alicyclic amines) is 1. The summed E-state index contributed by atoms with van der Waals surface area (Å²) in [5.41, 5.74) is 2.47. The molecule has 1 N–H and O–H groups in total. The molecule has 1 heterocycles. The van der Waals surface area contributed by atoms with E-state index < -0.39 is 0 Å². The molecule has 1 atom stereocenters. The first-order chi connectivity index (χ1) is 10.7. The Balaban J connectivity index is 1.73. The van der Waals surface area contributed by atoms with Crippen LogP contribution in [0.2, 0.25) is 0 Å². The van der Waals surface area contributed by atoms with Crippen molar-refractivity contribution in [3.8, 4) is 5.75 Å². The zero-order valence-corrected chi connectivity index (χ0v) is 14.2. The predicted molar refractivity (Wildman–Crippen MR) is 90.5 cm³/mol. The van der Waals surface area contributed by atoms with E-state index in [0.717, 1.165) is 37.9 Å². The van der Waals surface area contributed by atoms with Crippen molar-refractivity contribution in [3.63, 3.8) is 0 Å². The second kappa shape index (κ2) is 9.13. The number of nitrogens with zero attached hydrogens (tertiary/aromatic N) is 1. The van der Waals surface area contributed by atoms with Gasteiger partial charge in [0, 0.05) is 26.7 Å². The van der Waals surface area contributed by atoms with Crippen LogP contribution in [0.25, 0.3) is 0 Å². The lowest BCUT2D eigenvalue weighted by molar-refractivity contribution is 0.114. The maximum Gasteiger partial charge on any atom is 0.122 e. The van der Waals surface area contributed by atoms with Crippen LogP contribution in [0, 0.1) is 12.8 Å². The molecule has 1 aromatic rings. The minimum atomic E-state index is 0.748. The van der Waals surface area contributed by atoms with Crippen LogP contribution in [0.5, 0.6) is 5.75 Å². The highest BCUT2D eigenvalue weighted by atomic mass is 16.5. The third-order valence-corrected chi connectivity index (χ3v) is 4.45. The van der Waals surface area contributed by atoms with Crippen LogP contribution in [-0.4, -0.2) is 51.9 Å². The molecule has 1 unspecified atom stereocenters. The van der Waals surface area contributed by atoms with Crippen molar-refractivity contribution >= 4 is 0 Å². The lowest BCUT2D eigenvalue weighted by Gasteiger charge is -2.32. The Morgan fingerprint density at radius 2 is 2.18 bits per heavy atom. The van der Waals surface area contributed by atoms with Crippen LogP contribution in [0.1, 0.15) is 24.0 Å². The van der Waals surface area contributed by atoms with Crippen LogP contribution in [0.3, 0.4) is 0 Å². The van der Waals surface area contributed by atoms with E-state index in [1.54, 1.807) is 14.2 Å². The van der Waals surface area contributed by atoms with E-state index in [1.807, 2.05) is 0 Å². The number of nitrogens with one attached hydrogen (secondary N) is 1. The normalized spacial score (nSPS) is 19.3. The quantitative estimate of drug-likeness (QED) is 0.800. The average molecular weight is 306 g/mol. The second-order valence-electron chi connectivity index (χ2n) is 6.24. The fraction of sp³-hybridized carbons (Fsp3) is 0.667. The van der Waals surface area contributed by atoms with E-state index in [2.05, 4.69) is 35.3 Å². The van der Waals surface area contributed by atoms with E-state index >= 15 is 0 Å². The lowest BCUT2D eigenvalue weighted by atomic mass is 9.98. The summed E-state index contributed by atoms with van der Waals surface area (Å²) in [6, 6.07) is 6.44. The summed E-state index contributed by atoms with van der Waals surface area (Å²) in [5, 5.41) is 3.61. The van der Waals surface area contributed by atoms with E-state index in [-0.39, 0.29) is 0 Å². The van der Waals surface area contributed by atoms with Gasteiger partial charge in [-0.2, -0.15) is 0 Å². The summed E-state index contributed by atoms with van der Waals surface area (Å²) in [7, 11) is 3.51. The zero-order chi connectivity index (χ0) is 15.8. The number of methoxy groups -OCH3 is 2. The Morgan fingerprint density at radius 1 is 1.32 bits per heavy atom. The minimum absolute atomic E-state index is 0.748.